The van der Waals surface area contributed by atoms with Gasteiger partial charge in [-0.05, 0) is 92.8 Å². The second-order valence-corrected chi connectivity index (χ2v) is 10.7. The third kappa shape index (κ3) is 5.49. The Hall–Kier alpha value is -3.55. The Bertz CT molecular complexity index is 1560. The number of halogens is 1. The molecule has 4 aromatic rings. The fraction of sp³-hybridized carbons (Fsp3) is 0.161. The van der Waals surface area contributed by atoms with Crippen LogP contribution in [0.15, 0.2) is 88.2 Å². The van der Waals surface area contributed by atoms with Crippen LogP contribution in [0.5, 0.6) is 11.5 Å². The van der Waals surface area contributed by atoms with Crippen molar-refractivity contribution in [2.75, 3.05) is 6.61 Å². The number of fused-ring (bicyclic) bond motifs is 1. The van der Waals surface area contributed by atoms with Gasteiger partial charge in [0, 0.05) is 0 Å². The van der Waals surface area contributed by atoms with Crippen molar-refractivity contribution in [2.24, 2.45) is 0 Å². The topological polar surface area (TPSA) is 55.8 Å². The molecule has 0 unspecified atom stereocenters. The molecule has 0 bridgehead atoms. The number of thioether (sulfide) groups is 1. The molecule has 0 atom stereocenters. The predicted molar refractivity (Wildman–Crippen MR) is 156 cm³/mol. The first-order valence-electron chi connectivity index (χ1n) is 12.3. The van der Waals surface area contributed by atoms with E-state index in [1.165, 1.54) is 4.90 Å². The first kappa shape index (κ1) is 26.1. The lowest BCUT2D eigenvalue weighted by atomic mass is 10.1. The molecule has 0 aliphatic carbocycles. The molecule has 1 aliphatic heterocycles. The van der Waals surface area contributed by atoms with E-state index in [4.69, 9.17) is 9.47 Å². The molecule has 5 rings (SSSR count). The van der Waals surface area contributed by atoms with E-state index in [9.17, 15) is 9.59 Å². The number of hydrogen-bond donors (Lipinski definition) is 0. The summed E-state index contributed by atoms with van der Waals surface area (Å²) in [5, 5.41) is 2.02. The minimum absolute atomic E-state index is 0.253. The van der Waals surface area contributed by atoms with Crippen molar-refractivity contribution in [1.29, 1.82) is 0 Å². The quantitative estimate of drug-likeness (QED) is 0.195. The van der Waals surface area contributed by atoms with Crippen LogP contribution < -0.4 is 9.47 Å². The number of ether oxygens (including phenoxy) is 2. The Morgan fingerprint density at radius 2 is 1.66 bits per heavy atom. The van der Waals surface area contributed by atoms with Gasteiger partial charge >= 0.3 is 0 Å². The fourth-order valence-electron chi connectivity index (χ4n) is 4.39. The third-order valence-corrected chi connectivity index (χ3v) is 7.84. The van der Waals surface area contributed by atoms with Crippen molar-refractivity contribution >= 4 is 55.7 Å². The minimum Gasteiger partial charge on any atom is -0.490 e. The van der Waals surface area contributed by atoms with Gasteiger partial charge < -0.3 is 9.47 Å². The van der Waals surface area contributed by atoms with Crippen molar-refractivity contribution in [3.63, 3.8) is 0 Å². The summed E-state index contributed by atoms with van der Waals surface area (Å²) in [7, 11) is 0. The molecule has 2 amide bonds. The van der Waals surface area contributed by atoms with Crippen LogP contribution in [0.2, 0.25) is 0 Å². The van der Waals surface area contributed by atoms with E-state index in [1.54, 1.807) is 6.08 Å². The number of amides is 2. The summed E-state index contributed by atoms with van der Waals surface area (Å²) >= 11 is 4.58. The highest BCUT2D eigenvalue weighted by atomic mass is 79.9. The first-order chi connectivity index (χ1) is 18.4. The van der Waals surface area contributed by atoms with Gasteiger partial charge in [-0.3, -0.25) is 14.5 Å². The Balaban J connectivity index is 1.39. The summed E-state index contributed by atoms with van der Waals surface area (Å²) in [6.07, 6.45) is 1.73. The molecule has 1 saturated heterocycles. The predicted octanol–water partition coefficient (Wildman–Crippen LogP) is 8.12. The number of rotatable bonds is 8. The second-order valence-electron chi connectivity index (χ2n) is 8.88. The number of nitrogens with zero attached hydrogens (tertiary/aromatic N) is 1. The maximum absolute atomic E-state index is 13.1. The maximum atomic E-state index is 13.1. The van der Waals surface area contributed by atoms with Gasteiger partial charge in [0.25, 0.3) is 11.1 Å². The van der Waals surface area contributed by atoms with Gasteiger partial charge in [0.15, 0.2) is 11.5 Å². The zero-order valence-corrected chi connectivity index (χ0v) is 23.5. The van der Waals surface area contributed by atoms with E-state index < -0.39 is 0 Å². The van der Waals surface area contributed by atoms with Crippen LogP contribution in [0, 0.1) is 6.92 Å². The van der Waals surface area contributed by atoms with Crippen LogP contribution in [0.3, 0.4) is 0 Å². The lowest BCUT2D eigenvalue weighted by Crippen LogP contribution is -2.27. The summed E-state index contributed by atoms with van der Waals surface area (Å²) in [6.45, 7) is 4.96. The molecule has 0 aromatic heterocycles. The summed E-state index contributed by atoms with van der Waals surface area (Å²) in [5.41, 5.74) is 3.80. The largest absolute Gasteiger partial charge is 0.490 e. The zero-order valence-electron chi connectivity index (χ0n) is 21.1. The van der Waals surface area contributed by atoms with E-state index in [0.29, 0.717) is 34.1 Å². The standard InChI is InChI=1S/C31H26BrNO4S/c1-3-36-27-16-21(17-28-30(34)33(31(35)38-28)18-23-11-5-4-9-20(23)2)15-26(32)29(27)37-19-24-13-8-12-22-10-6-7-14-25(22)24/h4-17H,3,18-19H2,1-2H3/b28-17-. The lowest BCUT2D eigenvalue weighted by Gasteiger charge is -2.16. The van der Waals surface area contributed by atoms with Crippen LogP contribution >= 0.6 is 27.7 Å². The van der Waals surface area contributed by atoms with Crippen LogP contribution in [0.25, 0.3) is 16.8 Å². The molecule has 1 aliphatic rings. The average Bonchev–Trinajstić information content (AvgIpc) is 3.17. The van der Waals surface area contributed by atoms with Crippen LogP contribution in [-0.2, 0) is 17.9 Å². The Kier molecular flexibility index (Phi) is 7.86. The van der Waals surface area contributed by atoms with Crippen molar-refractivity contribution in [2.45, 2.75) is 27.0 Å². The highest BCUT2D eigenvalue weighted by Gasteiger charge is 2.35. The van der Waals surface area contributed by atoms with Crippen molar-refractivity contribution in [3.05, 3.63) is 110 Å². The van der Waals surface area contributed by atoms with Gasteiger partial charge in [0.1, 0.15) is 6.61 Å². The van der Waals surface area contributed by atoms with E-state index in [1.807, 2.05) is 68.4 Å². The van der Waals surface area contributed by atoms with E-state index >= 15 is 0 Å². The van der Waals surface area contributed by atoms with Gasteiger partial charge in [0.05, 0.1) is 22.5 Å². The molecule has 192 valence electrons. The molecule has 0 spiro atoms. The normalized spacial score (nSPS) is 14.5. The molecule has 0 saturated carbocycles. The zero-order chi connectivity index (χ0) is 26.6. The highest BCUT2D eigenvalue weighted by molar-refractivity contribution is 9.10. The number of hydrogen-bond acceptors (Lipinski definition) is 5. The van der Waals surface area contributed by atoms with Crippen molar-refractivity contribution in [1.82, 2.24) is 4.90 Å². The van der Waals surface area contributed by atoms with Gasteiger partial charge in [-0.2, -0.15) is 0 Å². The van der Waals surface area contributed by atoms with Crippen molar-refractivity contribution in [3.8, 4) is 11.5 Å². The number of imide groups is 1. The molecule has 1 heterocycles. The minimum atomic E-state index is -0.298. The van der Waals surface area contributed by atoms with Gasteiger partial charge in [-0.1, -0.05) is 66.7 Å². The third-order valence-electron chi connectivity index (χ3n) is 6.34. The molecule has 1 fully saturated rings. The van der Waals surface area contributed by atoms with E-state index in [0.717, 1.165) is 44.8 Å². The van der Waals surface area contributed by atoms with Crippen LogP contribution in [0.1, 0.15) is 29.2 Å². The van der Waals surface area contributed by atoms with Crippen LogP contribution in [0.4, 0.5) is 4.79 Å². The van der Waals surface area contributed by atoms with Gasteiger partial charge in [-0.25, -0.2) is 0 Å². The molecule has 0 radical (unpaired) electrons. The summed E-state index contributed by atoms with van der Waals surface area (Å²) < 4.78 is 12.9. The van der Waals surface area contributed by atoms with Gasteiger partial charge in [-0.15, -0.1) is 0 Å². The van der Waals surface area contributed by atoms with Gasteiger partial charge in [0.2, 0.25) is 0 Å². The fourth-order valence-corrected chi connectivity index (χ4v) is 5.80. The molecule has 7 heteroatoms. The molecule has 5 nitrogen and oxygen atoms in total. The summed E-state index contributed by atoms with van der Waals surface area (Å²) in [5.74, 6) is 0.853. The molecule has 0 N–H and O–H groups in total. The summed E-state index contributed by atoms with van der Waals surface area (Å²) in [6, 6.07) is 25.8. The maximum Gasteiger partial charge on any atom is 0.293 e. The Morgan fingerprint density at radius 1 is 0.921 bits per heavy atom. The first-order valence-corrected chi connectivity index (χ1v) is 13.9. The monoisotopic (exact) mass is 587 g/mol. The second kappa shape index (κ2) is 11.5. The average molecular weight is 589 g/mol. The lowest BCUT2D eigenvalue weighted by molar-refractivity contribution is -0.123. The number of aryl methyl sites for hydroxylation is 1. The summed E-state index contributed by atoms with van der Waals surface area (Å²) in [4.78, 5) is 27.5. The molecule has 38 heavy (non-hydrogen) atoms. The van der Waals surface area contributed by atoms with E-state index in [2.05, 4.69) is 40.2 Å². The molecular formula is C31H26BrNO4S. The van der Waals surface area contributed by atoms with Crippen molar-refractivity contribution < 1.29 is 19.1 Å². The Labute approximate surface area is 234 Å². The smallest absolute Gasteiger partial charge is 0.293 e. The highest BCUT2D eigenvalue weighted by Crippen LogP contribution is 2.40. The number of carbonyl (C=O) groups excluding carboxylic acids is 2. The molecular weight excluding hydrogens is 562 g/mol. The molecule has 4 aromatic carbocycles. The number of carbonyl (C=O) groups is 2. The SMILES string of the molecule is CCOc1cc(/C=C2\SC(=O)N(Cc3ccccc3C)C2=O)cc(Br)c1OCc1cccc2ccccc12. The van der Waals surface area contributed by atoms with Crippen LogP contribution in [-0.4, -0.2) is 22.7 Å². The Morgan fingerprint density at radius 3 is 2.47 bits per heavy atom. The van der Waals surface area contributed by atoms with E-state index in [-0.39, 0.29) is 17.7 Å². The number of benzene rings is 4.